The molecule has 0 radical (unpaired) electrons. The molecule has 0 aliphatic heterocycles. The highest BCUT2D eigenvalue weighted by Crippen LogP contribution is 2.27. The molecule has 0 aliphatic carbocycles. The summed E-state index contributed by atoms with van der Waals surface area (Å²) in [5.74, 6) is -1.27. The van der Waals surface area contributed by atoms with Crippen LogP contribution in [0.3, 0.4) is 0 Å². The van der Waals surface area contributed by atoms with Crippen molar-refractivity contribution in [1.29, 1.82) is 0 Å². The van der Waals surface area contributed by atoms with Crippen molar-refractivity contribution in [2.24, 2.45) is 0 Å². The average Bonchev–Trinajstić information content (AvgIpc) is 2.35. The van der Waals surface area contributed by atoms with Gasteiger partial charge in [-0.2, -0.15) is 0 Å². The molecule has 1 atom stereocenters. The smallest absolute Gasteiger partial charge is 0.312 e. The number of ether oxygens (including phenoxy) is 1. The molecule has 2 aromatic rings. The highest BCUT2D eigenvalue weighted by Gasteiger charge is 2.19. The van der Waals surface area contributed by atoms with E-state index in [0.717, 1.165) is 10.8 Å². The fourth-order valence-corrected chi connectivity index (χ4v) is 1.85. The minimum atomic E-state index is -0.512. The van der Waals surface area contributed by atoms with Gasteiger partial charge >= 0.3 is 5.97 Å². The lowest BCUT2D eigenvalue weighted by molar-refractivity contribution is -0.141. The van der Waals surface area contributed by atoms with Crippen LogP contribution < -0.4 is 0 Å². The van der Waals surface area contributed by atoms with Crippen LogP contribution in [0.5, 0.6) is 0 Å². The first-order valence-electron chi connectivity index (χ1n) is 5.24. The van der Waals surface area contributed by atoms with Crippen LogP contribution in [-0.4, -0.2) is 18.1 Å². The van der Waals surface area contributed by atoms with E-state index >= 15 is 0 Å². The maximum atomic E-state index is 13.5. The fourth-order valence-electron chi connectivity index (χ4n) is 1.85. The van der Waals surface area contributed by atoms with Gasteiger partial charge in [-0.25, -0.2) is 4.39 Å². The number of hydrogen-bond acceptors (Lipinski definition) is 3. The summed E-state index contributed by atoms with van der Waals surface area (Å²) in [5.41, 5.74) is 0.597. The van der Waals surface area contributed by atoms with E-state index in [1.807, 2.05) is 0 Å². The van der Waals surface area contributed by atoms with Gasteiger partial charge in [0.05, 0.1) is 13.0 Å². The average molecular weight is 233 g/mol. The third kappa shape index (κ3) is 2.11. The van der Waals surface area contributed by atoms with Crippen LogP contribution in [0.1, 0.15) is 18.4 Å². The maximum Gasteiger partial charge on any atom is 0.312 e. The minimum Gasteiger partial charge on any atom is -0.469 e. The second-order valence-electron chi connectivity index (χ2n) is 3.84. The molecule has 0 aliphatic rings. The van der Waals surface area contributed by atoms with Crippen LogP contribution in [0.15, 0.2) is 30.6 Å². The van der Waals surface area contributed by atoms with Crippen LogP contribution >= 0.6 is 0 Å². The molecule has 1 aromatic carbocycles. The molecule has 1 heterocycles. The summed E-state index contributed by atoms with van der Waals surface area (Å²) in [4.78, 5) is 15.5. The molecule has 0 fully saturated rings. The van der Waals surface area contributed by atoms with E-state index in [2.05, 4.69) is 9.72 Å². The molecule has 0 N–H and O–H groups in total. The van der Waals surface area contributed by atoms with Gasteiger partial charge in [-0.05, 0) is 36.1 Å². The summed E-state index contributed by atoms with van der Waals surface area (Å²) < 4.78 is 18.1. The highest BCUT2D eigenvalue weighted by atomic mass is 19.1. The Labute approximate surface area is 98.2 Å². The number of fused-ring (bicyclic) bond motifs is 1. The number of aromatic nitrogens is 1. The van der Waals surface area contributed by atoms with Crippen molar-refractivity contribution in [2.75, 3.05) is 7.11 Å². The Bertz CT molecular complexity index is 568. The summed E-state index contributed by atoms with van der Waals surface area (Å²) in [6, 6.07) is 4.49. The summed E-state index contributed by atoms with van der Waals surface area (Å²) in [7, 11) is 1.32. The zero-order valence-electron chi connectivity index (χ0n) is 9.61. The van der Waals surface area contributed by atoms with Crippen molar-refractivity contribution >= 4 is 16.7 Å². The number of hydrogen-bond donors (Lipinski definition) is 0. The van der Waals surface area contributed by atoms with Crippen molar-refractivity contribution in [3.05, 3.63) is 42.0 Å². The molecule has 3 nitrogen and oxygen atoms in total. The fraction of sp³-hybridized carbons (Fsp3) is 0.231. The molecule has 17 heavy (non-hydrogen) atoms. The van der Waals surface area contributed by atoms with E-state index in [1.54, 1.807) is 25.4 Å². The molecule has 0 spiro atoms. The number of carbonyl (C=O) groups is 1. The Morgan fingerprint density at radius 2 is 2.24 bits per heavy atom. The van der Waals surface area contributed by atoms with Crippen molar-refractivity contribution in [3.8, 4) is 0 Å². The lowest BCUT2D eigenvalue weighted by atomic mass is 9.96. The molecular weight excluding hydrogens is 221 g/mol. The Kier molecular flexibility index (Phi) is 3.04. The zero-order valence-corrected chi connectivity index (χ0v) is 9.61. The third-order valence-electron chi connectivity index (χ3n) is 2.77. The Hall–Kier alpha value is -1.97. The van der Waals surface area contributed by atoms with Gasteiger partial charge in [0.2, 0.25) is 0 Å². The predicted octanol–water partition coefficient (Wildman–Crippen LogP) is 2.65. The zero-order chi connectivity index (χ0) is 12.4. The van der Waals surface area contributed by atoms with E-state index in [1.165, 1.54) is 19.2 Å². The molecule has 0 bridgehead atoms. The number of nitrogens with zero attached hydrogens (tertiary/aromatic N) is 1. The summed E-state index contributed by atoms with van der Waals surface area (Å²) >= 11 is 0. The van der Waals surface area contributed by atoms with E-state index in [-0.39, 0.29) is 11.8 Å². The topological polar surface area (TPSA) is 39.2 Å². The Morgan fingerprint density at radius 1 is 1.47 bits per heavy atom. The molecule has 2 rings (SSSR count). The van der Waals surface area contributed by atoms with Gasteiger partial charge in [0.25, 0.3) is 0 Å². The van der Waals surface area contributed by atoms with Crippen molar-refractivity contribution in [3.63, 3.8) is 0 Å². The standard InChI is InChI=1S/C13H12FNO2/c1-8(13(16)17-2)11-6-10(14)5-9-3-4-15-7-12(9)11/h3-8H,1-2H3. The monoisotopic (exact) mass is 233 g/mol. The number of halogens is 1. The van der Waals surface area contributed by atoms with Gasteiger partial charge in [0.1, 0.15) is 5.82 Å². The van der Waals surface area contributed by atoms with E-state index in [0.29, 0.717) is 5.56 Å². The summed E-state index contributed by atoms with van der Waals surface area (Å²) in [6.45, 7) is 1.69. The number of benzene rings is 1. The van der Waals surface area contributed by atoms with Gasteiger partial charge in [0.15, 0.2) is 0 Å². The van der Waals surface area contributed by atoms with Crippen molar-refractivity contribution in [2.45, 2.75) is 12.8 Å². The van der Waals surface area contributed by atoms with Crippen LogP contribution in [-0.2, 0) is 9.53 Å². The Balaban J connectivity index is 2.63. The van der Waals surface area contributed by atoms with Gasteiger partial charge in [-0.15, -0.1) is 0 Å². The van der Waals surface area contributed by atoms with Crippen LogP contribution in [0.2, 0.25) is 0 Å². The minimum absolute atomic E-state index is 0.366. The molecular formula is C13H12FNO2. The quantitative estimate of drug-likeness (QED) is 0.748. The van der Waals surface area contributed by atoms with Crippen LogP contribution in [0, 0.1) is 5.82 Å². The number of pyridine rings is 1. The number of esters is 1. The van der Waals surface area contributed by atoms with Gasteiger partial charge in [-0.1, -0.05) is 0 Å². The van der Waals surface area contributed by atoms with Crippen molar-refractivity contribution in [1.82, 2.24) is 4.98 Å². The largest absolute Gasteiger partial charge is 0.469 e. The lowest BCUT2D eigenvalue weighted by Gasteiger charge is -2.12. The molecule has 88 valence electrons. The number of carbonyl (C=O) groups excluding carboxylic acids is 1. The summed E-state index contributed by atoms with van der Waals surface area (Å²) in [5, 5.41) is 1.50. The molecule has 0 saturated carbocycles. The number of methoxy groups -OCH3 is 1. The maximum absolute atomic E-state index is 13.5. The molecule has 0 saturated heterocycles. The van der Waals surface area contributed by atoms with Crippen LogP contribution in [0.25, 0.3) is 10.8 Å². The first-order chi connectivity index (χ1) is 8.13. The molecule has 1 unspecified atom stereocenters. The van der Waals surface area contributed by atoms with Crippen molar-refractivity contribution < 1.29 is 13.9 Å². The van der Waals surface area contributed by atoms with E-state index in [4.69, 9.17) is 0 Å². The SMILES string of the molecule is COC(=O)C(C)c1cc(F)cc2ccncc12. The number of rotatable bonds is 2. The van der Waals surface area contributed by atoms with Gasteiger partial charge in [0, 0.05) is 17.8 Å². The first kappa shape index (κ1) is 11.5. The second kappa shape index (κ2) is 4.49. The molecule has 0 amide bonds. The van der Waals surface area contributed by atoms with Gasteiger partial charge < -0.3 is 4.74 Å². The highest BCUT2D eigenvalue weighted by molar-refractivity contribution is 5.90. The van der Waals surface area contributed by atoms with E-state index < -0.39 is 5.92 Å². The van der Waals surface area contributed by atoms with E-state index in [9.17, 15) is 9.18 Å². The normalized spacial score (nSPS) is 12.4. The van der Waals surface area contributed by atoms with Gasteiger partial charge in [-0.3, -0.25) is 9.78 Å². The predicted molar refractivity (Wildman–Crippen MR) is 62.1 cm³/mol. The van der Waals surface area contributed by atoms with Crippen LogP contribution in [0.4, 0.5) is 4.39 Å². The summed E-state index contributed by atoms with van der Waals surface area (Å²) in [6.07, 6.45) is 3.22. The molecule has 4 heteroatoms. The Morgan fingerprint density at radius 3 is 2.94 bits per heavy atom. The lowest BCUT2D eigenvalue weighted by Crippen LogP contribution is -2.11. The second-order valence-corrected chi connectivity index (χ2v) is 3.84. The first-order valence-corrected chi connectivity index (χ1v) is 5.24. The third-order valence-corrected chi connectivity index (χ3v) is 2.77. The molecule has 1 aromatic heterocycles.